The molecule has 0 fully saturated rings. The van der Waals surface area contributed by atoms with Gasteiger partial charge in [0.1, 0.15) is 12.1 Å². The first-order valence-electron chi connectivity index (χ1n) is 10.7. The van der Waals surface area contributed by atoms with Gasteiger partial charge in [-0.25, -0.2) is 4.79 Å². The lowest BCUT2D eigenvalue weighted by Crippen LogP contribution is -2.45. The number of carboxylic acids is 1. The molecule has 1 aliphatic rings. The number of nitrogens with one attached hydrogen (secondary N) is 1. The largest absolute Gasteiger partial charge is 0.480 e. The zero-order valence-electron chi connectivity index (χ0n) is 18.2. The van der Waals surface area contributed by atoms with E-state index in [1.54, 1.807) is 42.5 Å². The monoisotopic (exact) mass is 507 g/mol. The fraction of sp³-hybridized carbons (Fsp3) is 0.154. The molecule has 176 valence electrons. The number of hydrogen-bond donors (Lipinski definition) is 2. The molecule has 9 heteroatoms. The van der Waals surface area contributed by atoms with Gasteiger partial charge in [0.25, 0.3) is 11.8 Å². The lowest BCUT2D eigenvalue weighted by molar-refractivity contribution is -0.139. The highest BCUT2D eigenvalue weighted by Crippen LogP contribution is 2.29. The van der Waals surface area contributed by atoms with Gasteiger partial charge >= 0.3 is 5.97 Å². The number of fused-ring (bicyclic) bond motifs is 1. The fourth-order valence-electron chi connectivity index (χ4n) is 4.05. The molecule has 1 aliphatic heterocycles. The van der Waals surface area contributed by atoms with Gasteiger partial charge in [0.05, 0.1) is 21.7 Å². The zero-order chi connectivity index (χ0) is 25.1. The van der Waals surface area contributed by atoms with E-state index in [0.29, 0.717) is 23.2 Å². The lowest BCUT2D eigenvalue weighted by atomic mass is 9.93. The molecule has 0 bridgehead atoms. The van der Waals surface area contributed by atoms with Gasteiger partial charge < -0.3 is 10.4 Å². The maximum absolute atomic E-state index is 13.1. The lowest BCUT2D eigenvalue weighted by Gasteiger charge is -2.33. The number of amides is 2. The molecule has 2 amide bonds. The molecule has 0 aliphatic carbocycles. The molecule has 1 heterocycles. The second-order valence-electron chi connectivity index (χ2n) is 8.01. The van der Waals surface area contributed by atoms with Crippen LogP contribution >= 0.6 is 23.2 Å². The second-order valence-corrected chi connectivity index (χ2v) is 8.83. The van der Waals surface area contributed by atoms with Crippen LogP contribution in [0.15, 0.2) is 66.7 Å². The summed E-state index contributed by atoms with van der Waals surface area (Å²) >= 11 is 12.1. The molecular formula is C26H19Cl2N3O4. The first kappa shape index (κ1) is 24.3. The number of benzene rings is 3. The van der Waals surface area contributed by atoms with Crippen molar-refractivity contribution in [3.63, 3.8) is 0 Å². The molecule has 1 unspecified atom stereocenters. The average molecular weight is 508 g/mol. The van der Waals surface area contributed by atoms with E-state index in [0.717, 1.165) is 5.56 Å². The summed E-state index contributed by atoms with van der Waals surface area (Å²) in [6.45, 7) is 0. The molecule has 0 aromatic heterocycles. The van der Waals surface area contributed by atoms with Gasteiger partial charge in [0.15, 0.2) is 0 Å². The van der Waals surface area contributed by atoms with Crippen LogP contribution in [0.1, 0.15) is 31.8 Å². The molecule has 0 spiro atoms. The topological polar surface area (TPSA) is 111 Å². The normalized spacial score (nSPS) is 15.6. The van der Waals surface area contributed by atoms with Gasteiger partial charge in [-0.3, -0.25) is 14.5 Å². The fourth-order valence-corrected chi connectivity index (χ4v) is 4.62. The van der Waals surface area contributed by atoms with Crippen molar-refractivity contribution >= 4 is 46.7 Å². The molecular weight excluding hydrogens is 489 g/mol. The van der Waals surface area contributed by atoms with Crippen LogP contribution in [0.3, 0.4) is 0 Å². The molecule has 4 rings (SSSR count). The molecule has 0 saturated carbocycles. The zero-order valence-corrected chi connectivity index (χ0v) is 19.8. The number of nitriles is 1. The number of carbonyl (C=O) groups is 3. The standard InChI is InChI=1S/C26H19Cl2N3O4/c27-20-6-3-7-21(28)23(20)24(32)30-22(26(34)35)12-15-8-10-17(11-9-15)31-18(14-29)13-16-4-1-2-5-19(16)25(31)33/h1-11,18,22H,12-13H2,(H,30,32)(H,34,35)/t18?,22-/m0/s1. The van der Waals surface area contributed by atoms with E-state index in [9.17, 15) is 24.8 Å². The summed E-state index contributed by atoms with van der Waals surface area (Å²) in [7, 11) is 0. The van der Waals surface area contributed by atoms with Crippen LogP contribution < -0.4 is 10.2 Å². The molecule has 0 radical (unpaired) electrons. The van der Waals surface area contributed by atoms with Crippen molar-refractivity contribution in [2.75, 3.05) is 4.90 Å². The van der Waals surface area contributed by atoms with Crippen molar-refractivity contribution in [2.45, 2.75) is 24.9 Å². The molecule has 35 heavy (non-hydrogen) atoms. The van der Waals surface area contributed by atoms with Crippen molar-refractivity contribution in [3.8, 4) is 6.07 Å². The molecule has 0 saturated heterocycles. The highest BCUT2D eigenvalue weighted by atomic mass is 35.5. The number of carbonyl (C=O) groups excluding carboxylic acids is 2. The van der Waals surface area contributed by atoms with Crippen LogP contribution in [0.2, 0.25) is 10.0 Å². The summed E-state index contributed by atoms with van der Waals surface area (Å²) in [5.74, 6) is -2.18. The highest BCUT2D eigenvalue weighted by Gasteiger charge is 2.33. The third kappa shape index (κ3) is 4.99. The van der Waals surface area contributed by atoms with E-state index in [2.05, 4.69) is 11.4 Å². The minimum Gasteiger partial charge on any atom is -0.480 e. The van der Waals surface area contributed by atoms with Crippen molar-refractivity contribution in [2.24, 2.45) is 0 Å². The summed E-state index contributed by atoms with van der Waals surface area (Å²) in [5, 5.41) is 22.0. The first-order valence-corrected chi connectivity index (χ1v) is 11.4. The van der Waals surface area contributed by atoms with E-state index in [1.807, 2.05) is 12.1 Å². The van der Waals surface area contributed by atoms with Gasteiger partial charge in [-0.2, -0.15) is 5.26 Å². The number of aliphatic carboxylic acids is 1. The van der Waals surface area contributed by atoms with E-state index in [1.165, 1.54) is 17.0 Å². The Bertz CT molecular complexity index is 1330. The molecule has 2 N–H and O–H groups in total. The highest BCUT2D eigenvalue weighted by molar-refractivity contribution is 6.39. The van der Waals surface area contributed by atoms with Crippen LogP contribution in [-0.4, -0.2) is 35.0 Å². The molecule has 3 aromatic rings. The Morgan fingerprint density at radius 1 is 1.06 bits per heavy atom. The maximum Gasteiger partial charge on any atom is 0.326 e. The number of rotatable bonds is 6. The van der Waals surface area contributed by atoms with Crippen molar-refractivity contribution in [1.82, 2.24) is 5.32 Å². The van der Waals surface area contributed by atoms with E-state index in [4.69, 9.17) is 23.2 Å². The van der Waals surface area contributed by atoms with Gasteiger partial charge in [-0.1, -0.05) is 59.6 Å². The minimum atomic E-state index is -1.24. The number of carboxylic acid groups (broad SMARTS) is 1. The van der Waals surface area contributed by atoms with Gasteiger partial charge in [-0.05, 0) is 41.5 Å². The van der Waals surface area contributed by atoms with E-state index in [-0.39, 0.29) is 27.9 Å². The van der Waals surface area contributed by atoms with E-state index >= 15 is 0 Å². The van der Waals surface area contributed by atoms with Crippen molar-refractivity contribution in [3.05, 3.63) is 99.0 Å². The van der Waals surface area contributed by atoms with Crippen LogP contribution in [0.5, 0.6) is 0 Å². The Balaban J connectivity index is 1.53. The minimum absolute atomic E-state index is 0.00358. The predicted octanol–water partition coefficient (Wildman–Crippen LogP) is 4.51. The smallest absolute Gasteiger partial charge is 0.326 e. The third-order valence-corrected chi connectivity index (χ3v) is 6.42. The average Bonchev–Trinajstić information content (AvgIpc) is 2.84. The van der Waals surface area contributed by atoms with Crippen LogP contribution in [0.25, 0.3) is 0 Å². The maximum atomic E-state index is 13.1. The third-order valence-electron chi connectivity index (χ3n) is 5.79. The van der Waals surface area contributed by atoms with Crippen molar-refractivity contribution < 1.29 is 19.5 Å². The second kappa shape index (κ2) is 10.2. The summed E-state index contributed by atoms with van der Waals surface area (Å²) in [5.41, 5.74) is 2.53. The molecule has 3 aromatic carbocycles. The summed E-state index contributed by atoms with van der Waals surface area (Å²) in [6, 6.07) is 18.7. The number of halogens is 2. The Hall–Kier alpha value is -3.86. The van der Waals surface area contributed by atoms with Gasteiger partial charge in [0, 0.05) is 24.1 Å². The number of hydrogen-bond acceptors (Lipinski definition) is 4. The van der Waals surface area contributed by atoms with Crippen molar-refractivity contribution in [1.29, 1.82) is 5.26 Å². The summed E-state index contributed by atoms with van der Waals surface area (Å²) in [6.07, 6.45) is 0.403. The Kier molecular flexibility index (Phi) is 7.06. The van der Waals surface area contributed by atoms with Crippen LogP contribution in [0, 0.1) is 11.3 Å². The quantitative estimate of drug-likeness (QED) is 0.509. The van der Waals surface area contributed by atoms with E-state index < -0.39 is 24.0 Å². The number of nitrogens with zero attached hydrogens (tertiary/aromatic N) is 2. The Morgan fingerprint density at radius 3 is 2.34 bits per heavy atom. The Morgan fingerprint density at radius 2 is 1.71 bits per heavy atom. The molecule has 2 atom stereocenters. The van der Waals surface area contributed by atoms with Gasteiger partial charge in [-0.15, -0.1) is 0 Å². The first-order chi connectivity index (χ1) is 16.8. The Labute approximate surface area is 211 Å². The summed E-state index contributed by atoms with van der Waals surface area (Å²) in [4.78, 5) is 39.0. The van der Waals surface area contributed by atoms with Crippen LogP contribution in [-0.2, 0) is 17.6 Å². The van der Waals surface area contributed by atoms with Crippen LogP contribution in [0.4, 0.5) is 5.69 Å². The number of anilines is 1. The SMILES string of the molecule is N#CC1Cc2ccccc2C(=O)N1c1ccc(C[C@H](NC(=O)c2c(Cl)cccc2Cl)C(=O)O)cc1. The predicted molar refractivity (Wildman–Crippen MR) is 132 cm³/mol. The summed E-state index contributed by atoms with van der Waals surface area (Å²) < 4.78 is 0. The molecule has 7 nitrogen and oxygen atoms in total. The van der Waals surface area contributed by atoms with Gasteiger partial charge in [0.2, 0.25) is 0 Å².